The number of aromatic nitrogens is 2. The molecule has 1 unspecified atom stereocenters. The summed E-state index contributed by atoms with van der Waals surface area (Å²) in [6, 6.07) is 0.533. The Kier molecular flexibility index (Phi) is 6.62. The van der Waals surface area contributed by atoms with Crippen LogP contribution in [-0.2, 0) is 6.54 Å². The first kappa shape index (κ1) is 14.0. The highest BCUT2D eigenvalue weighted by molar-refractivity contribution is 5.16. The molecular formula is C12H24N4O. The zero-order valence-corrected chi connectivity index (χ0v) is 11.1. The number of unbranched alkanes of at least 4 members (excludes halogenated alkanes) is 1. The van der Waals surface area contributed by atoms with Crippen molar-refractivity contribution in [2.45, 2.75) is 46.1 Å². The van der Waals surface area contributed by atoms with Crippen molar-refractivity contribution in [3.05, 3.63) is 5.89 Å². The highest BCUT2D eigenvalue weighted by Gasteiger charge is 2.09. The molecule has 0 aliphatic carbocycles. The van der Waals surface area contributed by atoms with Crippen LogP contribution in [0.5, 0.6) is 0 Å². The molecule has 0 saturated carbocycles. The quantitative estimate of drug-likeness (QED) is 0.694. The molecule has 0 bridgehead atoms. The van der Waals surface area contributed by atoms with Crippen molar-refractivity contribution >= 4 is 6.01 Å². The van der Waals surface area contributed by atoms with Gasteiger partial charge in [0.2, 0.25) is 5.89 Å². The Balaban J connectivity index is 2.31. The molecule has 0 aromatic carbocycles. The molecular weight excluding hydrogens is 216 g/mol. The second kappa shape index (κ2) is 8.06. The summed E-state index contributed by atoms with van der Waals surface area (Å²) in [7, 11) is 1.86. The first-order valence-corrected chi connectivity index (χ1v) is 6.51. The van der Waals surface area contributed by atoms with Crippen LogP contribution in [0.2, 0.25) is 0 Å². The van der Waals surface area contributed by atoms with Crippen LogP contribution in [0, 0.1) is 5.92 Å². The summed E-state index contributed by atoms with van der Waals surface area (Å²) in [5, 5.41) is 14.1. The zero-order valence-electron chi connectivity index (χ0n) is 11.1. The summed E-state index contributed by atoms with van der Waals surface area (Å²) in [6.07, 6.45) is 4.99. The predicted octanol–water partition coefficient (Wildman–Crippen LogP) is 2.42. The minimum absolute atomic E-state index is 0.533. The van der Waals surface area contributed by atoms with Crippen molar-refractivity contribution in [2.75, 3.05) is 18.9 Å². The highest BCUT2D eigenvalue weighted by Crippen LogP contribution is 2.14. The maximum Gasteiger partial charge on any atom is 0.315 e. The predicted molar refractivity (Wildman–Crippen MR) is 68.9 cm³/mol. The summed E-state index contributed by atoms with van der Waals surface area (Å²) in [5.41, 5.74) is 0. The molecule has 1 atom stereocenters. The Morgan fingerprint density at radius 1 is 1.29 bits per heavy atom. The summed E-state index contributed by atoms with van der Waals surface area (Å²) >= 11 is 0. The van der Waals surface area contributed by atoms with Gasteiger partial charge in [-0.2, -0.15) is 0 Å². The Bertz CT molecular complexity index is 300. The van der Waals surface area contributed by atoms with Crippen LogP contribution in [0.4, 0.5) is 6.01 Å². The lowest BCUT2D eigenvalue weighted by Crippen LogP contribution is -2.13. The summed E-state index contributed by atoms with van der Waals surface area (Å²) in [6.45, 7) is 5.98. The fourth-order valence-electron chi connectivity index (χ4n) is 1.72. The summed E-state index contributed by atoms with van der Waals surface area (Å²) < 4.78 is 5.43. The van der Waals surface area contributed by atoms with Gasteiger partial charge in [-0.1, -0.05) is 38.2 Å². The first-order chi connectivity index (χ1) is 8.30. The lowest BCUT2D eigenvalue weighted by molar-refractivity contribution is 0.454. The smallest absolute Gasteiger partial charge is 0.315 e. The molecule has 0 aliphatic heterocycles. The molecule has 0 fully saturated rings. The molecule has 1 heterocycles. The molecule has 5 heteroatoms. The molecule has 1 aromatic rings. The van der Waals surface area contributed by atoms with Gasteiger partial charge >= 0.3 is 6.01 Å². The van der Waals surface area contributed by atoms with Crippen LogP contribution in [-0.4, -0.2) is 23.8 Å². The molecule has 0 spiro atoms. The number of hydrogen-bond acceptors (Lipinski definition) is 5. The van der Waals surface area contributed by atoms with Crippen molar-refractivity contribution in [2.24, 2.45) is 5.92 Å². The Morgan fingerprint density at radius 3 is 2.76 bits per heavy atom. The molecule has 1 rings (SSSR count). The van der Waals surface area contributed by atoms with E-state index in [-0.39, 0.29) is 0 Å². The van der Waals surface area contributed by atoms with Crippen LogP contribution >= 0.6 is 0 Å². The van der Waals surface area contributed by atoms with Crippen LogP contribution in [0.25, 0.3) is 0 Å². The van der Waals surface area contributed by atoms with E-state index in [0.29, 0.717) is 24.4 Å². The van der Waals surface area contributed by atoms with Gasteiger partial charge in [0.25, 0.3) is 0 Å². The third kappa shape index (κ3) is 5.17. The standard InChI is InChI=1S/C12H24N4O/c1-4-6-7-10(5-2)8-14-12-16-15-11(17-12)9-13-3/h10,13H,4-9H2,1-3H3,(H,14,16). The number of nitrogens with one attached hydrogen (secondary N) is 2. The minimum Gasteiger partial charge on any atom is -0.407 e. The molecule has 0 aliphatic rings. The summed E-state index contributed by atoms with van der Waals surface area (Å²) in [4.78, 5) is 0. The maximum atomic E-state index is 5.43. The van der Waals surface area contributed by atoms with Crippen molar-refractivity contribution in [1.29, 1.82) is 0 Å². The molecule has 0 radical (unpaired) electrons. The topological polar surface area (TPSA) is 63.0 Å². The van der Waals surface area contributed by atoms with Gasteiger partial charge in [-0.3, -0.25) is 0 Å². The lowest BCUT2D eigenvalue weighted by Gasteiger charge is -2.13. The van der Waals surface area contributed by atoms with Crippen LogP contribution in [0.3, 0.4) is 0 Å². The average Bonchev–Trinajstić information content (AvgIpc) is 2.78. The third-order valence-corrected chi connectivity index (χ3v) is 2.88. The first-order valence-electron chi connectivity index (χ1n) is 6.51. The van der Waals surface area contributed by atoms with E-state index in [1.54, 1.807) is 0 Å². The fourth-order valence-corrected chi connectivity index (χ4v) is 1.72. The van der Waals surface area contributed by atoms with Crippen molar-refractivity contribution < 1.29 is 4.42 Å². The number of anilines is 1. The second-order valence-electron chi connectivity index (χ2n) is 4.33. The number of rotatable bonds is 9. The van der Waals surface area contributed by atoms with Crippen LogP contribution in [0.15, 0.2) is 4.42 Å². The van der Waals surface area contributed by atoms with Gasteiger partial charge in [0.15, 0.2) is 0 Å². The largest absolute Gasteiger partial charge is 0.407 e. The monoisotopic (exact) mass is 240 g/mol. The van der Waals surface area contributed by atoms with Gasteiger partial charge in [-0.05, 0) is 19.4 Å². The Hall–Kier alpha value is -1.10. The van der Waals surface area contributed by atoms with Gasteiger partial charge in [0, 0.05) is 6.54 Å². The van der Waals surface area contributed by atoms with Gasteiger partial charge in [0.1, 0.15) is 0 Å². The van der Waals surface area contributed by atoms with Gasteiger partial charge in [-0.25, -0.2) is 0 Å². The van der Waals surface area contributed by atoms with Gasteiger partial charge < -0.3 is 15.1 Å². The molecule has 0 amide bonds. The number of nitrogens with zero attached hydrogens (tertiary/aromatic N) is 2. The minimum atomic E-state index is 0.533. The SMILES string of the molecule is CCCCC(CC)CNc1nnc(CNC)o1. The van der Waals surface area contributed by atoms with E-state index < -0.39 is 0 Å². The third-order valence-electron chi connectivity index (χ3n) is 2.88. The molecule has 98 valence electrons. The van der Waals surface area contributed by atoms with E-state index in [1.807, 2.05) is 7.05 Å². The normalized spacial score (nSPS) is 12.6. The maximum absolute atomic E-state index is 5.43. The molecule has 2 N–H and O–H groups in total. The van der Waals surface area contributed by atoms with E-state index in [2.05, 4.69) is 34.7 Å². The van der Waals surface area contributed by atoms with E-state index in [1.165, 1.54) is 25.7 Å². The van der Waals surface area contributed by atoms with Crippen molar-refractivity contribution in [1.82, 2.24) is 15.5 Å². The van der Waals surface area contributed by atoms with Crippen LogP contribution < -0.4 is 10.6 Å². The Labute approximate surface area is 103 Å². The Morgan fingerprint density at radius 2 is 2.12 bits per heavy atom. The number of hydrogen-bond donors (Lipinski definition) is 2. The van der Waals surface area contributed by atoms with Crippen LogP contribution in [0.1, 0.15) is 45.4 Å². The molecule has 1 aromatic heterocycles. The fraction of sp³-hybridized carbons (Fsp3) is 0.833. The van der Waals surface area contributed by atoms with E-state index in [0.717, 1.165) is 6.54 Å². The second-order valence-corrected chi connectivity index (χ2v) is 4.33. The van der Waals surface area contributed by atoms with Crippen molar-refractivity contribution in [3.63, 3.8) is 0 Å². The molecule has 5 nitrogen and oxygen atoms in total. The molecule has 0 saturated heterocycles. The lowest BCUT2D eigenvalue weighted by atomic mass is 10.00. The van der Waals surface area contributed by atoms with Gasteiger partial charge in [0.05, 0.1) is 6.54 Å². The zero-order chi connectivity index (χ0) is 12.5. The average molecular weight is 240 g/mol. The van der Waals surface area contributed by atoms with E-state index in [4.69, 9.17) is 4.42 Å². The van der Waals surface area contributed by atoms with E-state index >= 15 is 0 Å². The van der Waals surface area contributed by atoms with Gasteiger partial charge in [-0.15, -0.1) is 5.10 Å². The van der Waals surface area contributed by atoms with E-state index in [9.17, 15) is 0 Å². The summed E-state index contributed by atoms with van der Waals surface area (Å²) in [5.74, 6) is 1.31. The molecule has 17 heavy (non-hydrogen) atoms. The van der Waals surface area contributed by atoms with Crippen molar-refractivity contribution in [3.8, 4) is 0 Å². The highest BCUT2D eigenvalue weighted by atomic mass is 16.4.